The Hall–Kier alpha value is -1.72. The van der Waals surface area contributed by atoms with Crippen LogP contribution in [-0.2, 0) is 20.0 Å². The Bertz CT molecular complexity index is 534. The summed E-state index contributed by atoms with van der Waals surface area (Å²) in [4.78, 5) is 6.42. The summed E-state index contributed by atoms with van der Waals surface area (Å²) in [6.45, 7) is 3.53. The molecule has 2 aromatic heterocycles. The largest absolute Gasteiger partial charge is 0.329 e. The molecule has 0 aliphatic heterocycles. The first-order chi connectivity index (χ1) is 9.65. The highest BCUT2D eigenvalue weighted by Gasteiger charge is 2.20. The molecular weight excluding hydrogens is 250 g/mol. The average molecular weight is 273 g/mol. The van der Waals surface area contributed by atoms with Crippen molar-refractivity contribution in [1.82, 2.24) is 19.7 Å². The highest BCUT2D eigenvalue weighted by atomic mass is 15.3. The lowest BCUT2D eigenvalue weighted by Crippen LogP contribution is -2.30. The number of rotatable bonds is 6. The zero-order valence-corrected chi connectivity index (χ0v) is 12.5. The minimum Gasteiger partial charge on any atom is -0.329 e. The Labute approximate surface area is 120 Å². The topological polar surface area (TPSA) is 60.0 Å². The van der Waals surface area contributed by atoms with E-state index in [1.807, 2.05) is 24.0 Å². The first-order valence-electron chi connectivity index (χ1n) is 6.97. The second-order valence-electron chi connectivity index (χ2n) is 5.09. The van der Waals surface area contributed by atoms with Gasteiger partial charge in [-0.2, -0.15) is 5.10 Å². The van der Waals surface area contributed by atoms with Crippen molar-refractivity contribution >= 4 is 0 Å². The van der Waals surface area contributed by atoms with Gasteiger partial charge in [0, 0.05) is 44.3 Å². The van der Waals surface area contributed by atoms with Gasteiger partial charge in [-0.15, -0.1) is 0 Å². The van der Waals surface area contributed by atoms with Crippen LogP contribution in [0.2, 0.25) is 0 Å². The Balaban J connectivity index is 2.18. The maximum atomic E-state index is 6.00. The van der Waals surface area contributed by atoms with Crippen LogP contribution in [-0.4, -0.2) is 33.3 Å². The lowest BCUT2D eigenvalue weighted by molar-refractivity contribution is 0.240. The molecule has 0 radical (unpaired) electrons. The molecule has 1 atom stereocenters. The van der Waals surface area contributed by atoms with Crippen molar-refractivity contribution in [1.29, 1.82) is 0 Å². The second kappa shape index (κ2) is 6.63. The fourth-order valence-electron chi connectivity index (χ4n) is 2.54. The Kier molecular flexibility index (Phi) is 4.87. The molecule has 5 heteroatoms. The number of nitrogens with two attached hydrogens (primary N) is 1. The first-order valence-corrected chi connectivity index (χ1v) is 6.97. The number of pyridine rings is 1. The third-order valence-electron chi connectivity index (χ3n) is 3.54. The van der Waals surface area contributed by atoms with Gasteiger partial charge in [-0.25, -0.2) is 0 Å². The molecule has 0 saturated carbocycles. The molecule has 0 aliphatic rings. The molecule has 0 aromatic carbocycles. The van der Waals surface area contributed by atoms with Crippen LogP contribution < -0.4 is 5.73 Å². The Morgan fingerprint density at radius 2 is 2.25 bits per heavy atom. The third-order valence-corrected chi connectivity index (χ3v) is 3.54. The van der Waals surface area contributed by atoms with E-state index in [2.05, 4.69) is 41.2 Å². The van der Waals surface area contributed by atoms with Gasteiger partial charge in [0.05, 0.1) is 11.7 Å². The fraction of sp³-hybridized carbons (Fsp3) is 0.467. The number of hydrogen-bond donors (Lipinski definition) is 1. The van der Waals surface area contributed by atoms with Crippen molar-refractivity contribution in [3.8, 4) is 0 Å². The highest BCUT2D eigenvalue weighted by Crippen LogP contribution is 2.23. The molecule has 0 spiro atoms. The lowest BCUT2D eigenvalue weighted by Gasteiger charge is -2.27. The van der Waals surface area contributed by atoms with Crippen molar-refractivity contribution in [3.05, 3.63) is 47.5 Å². The summed E-state index contributed by atoms with van der Waals surface area (Å²) < 4.78 is 1.87. The van der Waals surface area contributed by atoms with Crippen LogP contribution >= 0.6 is 0 Å². The van der Waals surface area contributed by atoms with Crippen molar-refractivity contribution in [2.45, 2.75) is 25.9 Å². The molecular formula is C15H23N5. The minimum atomic E-state index is 0.179. The quantitative estimate of drug-likeness (QED) is 0.866. The van der Waals surface area contributed by atoms with E-state index in [0.717, 1.165) is 18.7 Å². The van der Waals surface area contributed by atoms with Crippen molar-refractivity contribution in [3.63, 3.8) is 0 Å². The summed E-state index contributed by atoms with van der Waals surface area (Å²) in [6.07, 6.45) is 6.69. The third kappa shape index (κ3) is 3.23. The van der Waals surface area contributed by atoms with Crippen molar-refractivity contribution in [2.75, 3.05) is 13.6 Å². The molecule has 2 aromatic rings. The average Bonchev–Trinajstić information content (AvgIpc) is 2.81. The molecule has 0 aliphatic carbocycles. The van der Waals surface area contributed by atoms with Crippen molar-refractivity contribution < 1.29 is 0 Å². The Morgan fingerprint density at radius 3 is 2.85 bits per heavy atom. The number of likely N-dealkylation sites (N-methyl/N-ethyl adjacent to an activating group) is 1. The zero-order valence-electron chi connectivity index (χ0n) is 12.5. The molecule has 108 valence electrons. The van der Waals surface area contributed by atoms with Gasteiger partial charge in [-0.3, -0.25) is 14.6 Å². The van der Waals surface area contributed by atoms with Crippen LogP contribution in [0, 0.1) is 0 Å². The van der Waals surface area contributed by atoms with Gasteiger partial charge in [0.2, 0.25) is 0 Å². The minimum absolute atomic E-state index is 0.179. The lowest BCUT2D eigenvalue weighted by atomic mass is 10.0. The van der Waals surface area contributed by atoms with E-state index in [0.29, 0.717) is 6.54 Å². The summed E-state index contributed by atoms with van der Waals surface area (Å²) >= 11 is 0. The van der Waals surface area contributed by atoms with Crippen LogP contribution in [0.15, 0.2) is 30.7 Å². The number of nitrogens with zero attached hydrogens (tertiary/aromatic N) is 4. The maximum absolute atomic E-state index is 6.00. The molecule has 2 N–H and O–H groups in total. The van der Waals surface area contributed by atoms with Crippen LogP contribution in [0.1, 0.15) is 29.8 Å². The number of hydrogen-bond acceptors (Lipinski definition) is 4. The SMILES string of the molecule is CCc1nn(C)cc1C(CN)N(C)Cc1cccnc1. The summed E-state index contributed by atoms with van der Waals surface area (Å²) in [6, 6.07) is 4.22. The summed E-state index contributed by atoms with van der Waals surface area (Å²) in [5.74, 6) is 0. The van der Waals surface area contributed by atoms with Gasteiger partial charge in [-0.05, 0) is 25.1 Å². The number of aromatic nitrogens is 3. The van der Waals surface area contributed by atoms with Gasteiger partial charge in [0.15, 0.2) is 0 Å². The van der Waals surface area contributed by atoms with Crippen LogP contribution in [0.4, 0.5) is 0 Å². The predicted octanol–water partition coefficient (Wildman–Crippen LogP) is 1.51. The first kappa shape index (κ1) is 14.7. The molecule has 1 unspecified atom stereocenters. The van der Waals surface area contributed by atoms with E-state index in [1.165, 1.54) is 11.1 Å². The van der Waals surface area contributed by atoms with Crippen molar-refractivity contribution in [2.24, 2.45) is 12.8 Å². The molecule has 2 rings (SSSR count). The Morgan fingerprint density at radius 1 is 1.45 bits per heavy atom. The molecule has 0 amide bonds. The highest BCUT2D eigenvalue weighted by molar-refractivity contribution is 5.22. The van der Waals surface area contributed by atoms with E-state index < -0.39 is 0 Å². The summed E-state index contributed by atoms with van der Waals surface area (Å²) in [7, 11) is 4.05. The summed E-state index contributed by atoms with van der Waals surface area (Å²) in [5.41, 5.74) is 9.54. The summed E-state index contributed by atoms with van der Waals surface area (Å²) in [5, 5.41) is 4.51. The van der Waals surface area contributed by atoms with Gasteiger partial charge in [0.1, 0.15) is 0 Å². The molecule has 0 saturated heterocycles. The van der Waals surface area contributed by atoms with E-state index in [4.69, 9.17) is 5.73 Å². The monoisotopic (exact) mass is 273 g/mol. The van der Waals surface area contributed by atoms with Crippen LogP contribution in [0.3, 0.4) is 0 Å². The maximum Gasteiger partial charge on any atom is 0.0670 e. The standard InChI is InChI=1S/C15H23N5/c1-4-14-13(11-20(3)18-14)15(8-16)19(2)10-12-6-5-7-17-9-12/h5-7,9,11,15H,4,8,10,16H2,1-3H3. The van der Waals surface area contributed by atoms with Crippen LogP contribution in [0.25, 0.3) is 0 Å². The van der Waals surface area contributed by atoms with E-state index in [1.54, 1.807) is 6.20 Å². The van der Waals surface area contributed by atoms with Gasteiger partial charge in [0.25, 0.3) is 0 Å². The molecule has 20 heavy (non-hydrogen) atoms. The van der Waals surface area contributed by atoms with Gasteiger partial charge < -0.3 is 5.73 Å². The van der Waals surface area contributed by atoms with Crippen LogP contribution in [0.5, 0.6) is 0 Å². The zero-order chi connectivity index (χ0) is 14.5. The van der Waals surface area contributed by atoms with Gasteiger partial charge >= 0.3 is 0 Å². The van der Waals surface area contributed by atoms with E-state index >= 15 is 0 Å². The smallest absolute Gasteiger partial charge is 0.0670 e. The molecule has 5 nitrogen and oxygen atoms in total. The molecule has 2 heterocycles. The van der Waals surface area contributed by atoms with E-state index in [-0.39, 0.29) is 6.04 Å². The molecule has 0 bridgehead atoms. The number of aryl methyl sites for hydroxylation is 2. The fourth-order valence-corrected chi connectivity index (χ4v) is 2.54. The second-order valence-corrected chi connectivity index (χ2v) is 5.09. The van der Waals surface area contributed by atoms with Gasteiger partial charge in [-0.1, -0.05) is 13.0 Å². The molecule has 0 fully saturated rings. The predicted molar refractivity (Wildman–Crippen MR) is 80.1 cm³/mol. The normalized spacial score (nSPS) is 12.8. The van der Waals surface area contributed by atoms with E-state index in [9.17, 15) is 0 Å².